The molecule has 7 nitrogen and oxygen atoms in total. The van der Waals surface area contributed by atoms with Gasteiger partial charge < -0.3 is 4.90 Å². The lowest BCUT2D eigenvalue weighted by Gasteiger charge is -2.28. The third-order valence-electron chi connectivity index (χ3n) is 6.37. The third kappa shape index (κ3) is 4.55. The second-order valence-electron chi connectivity index (χ2n) is 8.63. The molecule has 0 saturated heterocycles. The quantitative estimate of drug-likeness (QED) is 0.395. The number of fused-ring (bicyclic) bond motifs is 1. The van der Waals surface area contributed by atoms with Gasteiger partial charge in [0.2, 0.25) is 10.0 Å². The summed E-state index contributed by atoms with van der Waals surface area (Å²) < 4.78 is 43.4. The predicted molar refractivity (Wildman–Crippen MR) is 134 cm³/mol. The Morgan fingerprint density at radius 1 is 1.00 bits per heavy atom. The first-order chi connectivity index (χ1) is 17.3. The van der Waals surface area contributed by atoms with E-state index in [-0.39, 0.29) is 30.4 Å². The molecule has 2 heterocycles. The minimum atomic E-state index is -3.90. The van der Waals surface area contributed by atoms with E-state index in [9.17, 15) is 17.6 Å². The number of hydrogen-bond acceptors (Lipinski definition) is 4. The van der Waals surface area contributed by atoms with Gasteiger partial charge in [-0.15, -0.1) is 0 Å². The van der Waals surface area contributed by atoms with Gasteiger partial charge >= 0.3 is 0 Å². The van der Waals surface area contributed by atoms with Crippen molar-refractivity contribution in [2.45, 2.75) is 24.4 Å². The van der Waals surface area contributed by atoms with Crippen LogP contribution in [0.4, 0.5) is 10.1 Å². The molecular weight excluding hydrogens is 479 g/mol. The van der Waals surface area contributed by atoms with Crippen molar-refractivity contribution in [3.63, 3.8) is 0 Å². The van der Waals surface area contributed by atoms with E-state index in [0.29, 0.717) is 23.4 Å². The minimum absolute atomic E-state index is 0.0819. The van der Waals surface area contributed by atoms with Crippen molar-refractivity contribution in [2.24, 2.45) is 7.05 Å². The normalized spacial score (nSPS) is 13.8. The van der Waals surface area contributed by atoms with Crippen LogP contribution in [-0.4, -0.2) is 35.0 Å². The van der Waals surface area contributed by atoms with E-state index >= 15 is 0 Å². The first-order valence-electron chi connectivity index (χ1n) is 11.6. The summed E-state index contributed by atoms with van der Waals surface area (Å²) in [7, 11) is -2.07. The van der Waals surface area contributed by atoms with Gasteiger partial charge in [0.05, 0.1) is 17.1 Å². The Labute approximate surface area is 209 Å². The number of para-hydroxylation sites is 1. The van der Waals surface area contributed by atoms with E-state index in [1.165, 1.54) is 22.5 Å². The number of amides is 1. The highest BCUT2D eigenvalue weighted by Gasteiger charge is 2.33. The maximum atomic E-state index is 13.8. The fourth-order valence-electron chi connectivity index (χ4n) is 4.53. The SMILES string of the molecule is Cn1nc(CN(C(=O)c2ccccc2)c2ccccc2)c2c1CCN(S(=O)(=O)c1cccc(F)c1)C2. The summed E-state index contributed by atoms with van der Waals surface area (Å²) in [5.74, 6) is -0.782. The standard InChI is InChI=1S/C27H25FN4O3S/c1-30-26-15-16-31(36(34,35)23-14-8-11-21(28)17-23)18-24(26)25(29-30)19-32(22-12-6-3-7-13-22)27(33)20-9-4-2-5-10-20/h2-14,17H,15-16,18-19H2,1H3. The van der Waals surface area contributed by atoms with E-state index in [0.717, 1.165) is 17.3 Å². The summed E-state index contributed by atoms with van der Waals surface area (Å²) in [5.41, 5.74) is 3.58. The zero-order chi connectivity index (χ0) is 25.3. The minimum Gasteiger partial charge on any atom is -0.302 e. The summed E-state index contributed by atoms with van der Waals surface area (Å²) in [6.07, 6.45) is 0.464. The fourth-order valence-corrected chi connectivity index (χ4v) is 5.97. The van der Waals surface area contributed by atoms with Crippen molar-refractivity contribution in [3.8, 4) is 0 Å². The lowest BCUT2D eigenvalue weighted by molar-refractivity contribution is 0.0984. The lowest BCUT2D eigenvalue weighted by atomic mass is 10.1. The van der Waals surface area contributed by atoms with Gasteiger partial charge in [-0.2, -0.15) is 9.40 Å². The zero-order valence-electron chi connectivity index (χ0n) is 19.7. The highest BCUT2D eigenvalue weighted by Crippen LogP contribution is 2.29. The summed E-state index contributed by atoms with van der Waals surface area (Å²) >= 11 is 0. The molecule has 0 N–H and O–H groups in total. The molecule has 4 aromatic rings. The van der Waals surface area contributed by atoms with Crippen LogP contribution in [0.15, 0.2) is 89.8 Å². The number of rotatable bonds is 6. The molecule has 0 bridgehead atoms. The van der Waals surface area contributed by atoms with Crippen LogP contribution in [0.5, 0.6) is 0 Å². The van der Waals surface area contributed by atoms with Crippen molar-refractivity contribution in [2.75, 3.05) is 11.4 Å². The molecule has 1 aliphatic rings. The summed E-state index contributed by atoms with van der Waals surface area (Å²) in [6, 6.07) is 23.4. The molecule has 0 spiro atoms. The van der Waals surface area contributed by atoms with Crippen LogP contribution in [0.3, 0.4) is 0 Å². The average Bonchev–Trinajstić information content (AvgIpc) is 3.22. The Balaban J connectivity index is 1.50. The van der Waals surface area contributed by atoms with Crippen molar-refractivity contribution in [1.82, 2.24) is 14.1 Å². The number of nitrogens with zero attached hydrogens (tertiary/aromatic N) is 4. The molecule has 184 valence electrons. The van der Waals surface area contributed by atoms with Crippen molar-refractivity contribution in [1.29, 1.82) is 0 Å². The Morgan fingerprint density at radius 2 is 1.69 bits per heavy atom. The van der Waals surface area contributed by atoms with Gasteiger partial charge in [-0.1, -0.05) is 42.5 Å². The average molecular weight is 505 g/mol. The van der Waals surface area contributed by atoms with Crippen molar-refractivity contribution in [3.05, 3.63) is 113 Å². The van der Waals surface area contributed by atoms with Crippen LogP contribution >= 0.6 is 0 Å². The highest BCUT2D eigenvalue weighted by molar-refractivity contribution is 7.89. The molecule has 0 unspecified atom stereocenters. The van der Waals surface area contributed by atoms with E-state index in [1.54, 1.807) is 21.7 Å². The topological polar surface area (TPSA) is 75.5 Å². The Morgan fingerprint density at radius 3 is 2.39 bits per heavy atom. The van der Waals surface area contributed by atoms with Crippen LogP contribution in [-0.2, 0) is 36.6 Å². The smallest absolute Gasteiger partial charge is 0.258 e. The second-order valence-corrected chi connectivity index (χ2v) is 10.6. The van der Waals surface area contributed by atoms with Crippen LogP contribution in [0.25, 0.3) is 0 Å². The lowest BCUT2D eigenvalue weighted by Crippen LogP contribution is -2.37. The fraction of sp³-hybridized carbons (Fsp3) is 0.185. The van der Waals surface area contributed by atoms with Gasteiger partial charge in [-0.3, -0.25) is 9.48 Å². The number of halogens is 1. The molecule has 1 aliphatic heterocycles. The molecule has 3 aromatic carbocycles. The largest absolute Gasteiger partial charge is 0.302 e. The molecule has 9 heteroatoms. The highest BCUT2D eigenvalue weighted by atomic mass is 32.2. The molecule has 1 aromatic heterocycles. The number of benzene rings is 3. The van der Waals surface area contributed by atoms with Crippen LogP contribution < -0.4 is 4.90 Å². The van der Waals surface area contributed by atoms with Gasteiger partial charge in [-0.05, 0) is 42.5 Å². The summed E-state index contributed by atoms with van der Waals surface area (Å²) in [4.78, 5) is 15.1. The predicted octanol–water partition coefficient (Wildman–Crippen LogP) is 4.15. The number of sulfonamides is 1. The second kappa shape index (κ2) is 9.67. The number of carbonyl (C=O) groups is 1. The Bertz CT molecular complexity index is 1500. The number of aromatic nitrogens is 2. The molecule has 0 radical (unpaired) electrons. The monoisotopic (exact) mass is 504 g/mol. The molecule has 1 amide bonds. The van der Waals surface area contributed by atoms with Gasteiger partial charge in [0.15, 0.2) is 0 Å². The molecular formula is C27H25FN4O3S. The van der Waals surface area contributed by atoms with Gasteiger partial charge in [0.25, 0.3) is 5.91 Å². The molecule has 0 fully saturated rings. The van der Waals surface area contributed by atoms with Crippen LogP contribution in [0.2, 0.25) is 0 Å². The maximum Gasteiger partial charge on any atom is 0.258 e. The molecule has 5 rings (SSSR count). The molecule has 36 heavy (non-hydrogen) atoms. The third-order valence-corrected chi connectivity index (χ3v) is 8.21. The van der Waals surface area contributed by atoms with E-state index in [4.69, 9.17) is 0 Å². The van der Waals surface area contributed by atoms with Crippen molar-refractivity contribution >= 4 is 21.6 Å². The van der Waals surface area contributed by atoms with Gasteiger partial charge in [-0.25, -0.2) is 12.8 Å². The van der Waals surface area contributed by atoms with E-state index < -0.39 is 15.8 Å². The van der Waals surface area contributed by atoms with Crippen LogP contribution in [0, 0.1) is 5.82 Å². The van der Waals surface area contributed by atoms with Crippen molar-refractivity contribution < 1.29 is 17.6 Å². The molecule has 0 atom stereocenters. The van der Waals surface area contributed by atoms with E-state index in [2.05, 4.69) is 5.10 Å². The number of carbonyl (C=O) groups excluding carboxylic acids is 1. The first-order valence-corrected chi connectivity index (χ1v) is 13.0. The molecule has 0 aliphatic carbocycles. The van der Waals surface area contributed by atoms with Gasteiger partial charge in [0.1, 0.15) is 5.82 Å². The summed E-state index contributed by atoms with van der Waals surface area (Å²) in [5, 5.41) is 4.68. The number of hydrogen-bond donors (Lipinski definition) is 0. The van der Waals surface area contributed by atoms with Crippen LogP contribution in [0.1, 0.15) is 27.3 Å². The molecule has 0 saturated carbocycles. The Kier molecular flexibility index (Phi) is 6.42. The van der Waals surface area contributed by atoms with E-state index in [1.807, 2.05) is 55.6 Å². The zero-order valence-corrected chi connectivity index (χ0v) is 20.5. The maximum absolute atomic E-state index is 13.8. The van der Waals surface area contributed by atoms with Gasteiger partial charge in [0, 0.05) is 49.1 Å². The first kappa shape index (κ1) is 23.9. The summed E-state index contributed by atoms with van der Waals surface area (Å²) in [6.45, 7) is 0.532. The Hall–Kier alpha value is -3.82. The number of anilines is 1. The number of aryl methyl sites for hydroxylation is 1.